The highest BCUT2D eigenvalue weighted by molar-refractivity contribution is 5.84. The summed E-state index contributed by atoms with van der Waals surface area (Å²) in [6.07, 6.45) is 4.14. The number of amides is 1. The first kappa shape index (κ1) is 14.6. The van der Waals surface area contributed by atoms with Gasteiger partial charge in [-0.25, -0.2) is 0 Å². The first-order valence-corrected chi connectivity index (χ1v) is 6.84. The van der Waals surface area contributed by atoms with Gasteiger partial charge in [0.05, 0.1) is 24.6 Å². The Kier molecular flexibility index (Phi) is 5.17. The fraction of sp³-hybridized carbons (Fsp3) is 0.571. The molecule has 1 aliphatic carbocycles. The molecule has 0 aliphatic heterocycles. The Morgan fingerprint density at radius 3 is 2.95 bits per heavy atom. The normalized spacial score (nSPS) is 20.4. The maximum Gasteiger partial charge on any atom is 0.249 e. The minimum Gasteiger partial charge on any atom is -0.467 e. The van der Waals surface area contributed by atoms with E-state index in [4.69, 9.17) is 14.4 Å². The van der Waals surface area contributed by atoms with Crippen LogP contribution in [0, 0.1) is 0 Å². The molecule has 0 bridgehead atoms. The van der Waals surface area contributed by atoms with Crippen molar-refractivity contribution in [2.24, 2.45) is 5.16 Å². The van der Waals surface area contributed by atoms with Crippen LogP contribution in [0.25, 0.3) is 0 Å². The van der Waals surface area contributed by atoms with Gasteiger partial charge < -0.3 is 19.7 Å². The van der Waals surface area contributed by atoms with Gasteiger partial charge in [0, 0.05) is 0 Å². The van der Waals surface area contributed by atoms with Crippen LogP contribution in [0.2, 0.25) is 0 Å². The molecule has 1 aromatic heterocycles. The third-order valence-electron chi connectivity index (χ3n) is 3.43. The lowest BCUT2D eigenvalue weighted by molar-refractivity contribution is -0.136. The molecule has 1 aliphatic rings. The molecule has 0 spiro atoms. The number of oxime groups is 1. The molecule has 6 nitrogen and oxygen atoms in total. The fourth-order valence-electron chi connectivity index (χ4n) is 2.24. The molecule has 1 fully saturated rings. The zero-order valence-corrected chi connectivity index (χ0v) is 11.5. The summed E-state index contributed by atoms with van der Waals surface area (Å²) in [5.74, 6) is 0.565. The van der Waals surface area contributed by atoms with Gasteiger partial charge in [-0.2, -0.15) is 0 Å². The average Bonchev–Trinajstić information content (AvgIpc) is 2.98. The third kappa shape index (κ3) is 4.09. The van der Waals surface area contributed by atoms with Crippen molar-refractivity contribution in [3.63, 3.8) is 0 Å². The number of hydrogen-bond acceptors (Lipinski definition) is 5. The summed E-state index contributed by atoms with van der Waals surface area (Å²) < 4.78 is 10.9. The van der Waals surface area contributed by atoms with E-state index in [1.807, 2.05) is 6.07 Å². The van der Waals surface area contributed by atoms with Gasteiger partial charge in [-0.05, 0) is 44.7 Å². The number of carbonyl (C=O) groups excluding carboxylic acids is 1. The maximum absolute atomic E-state index is 11.9. The molecule has 1 unspecified atom stereocenters. The van der Waals surface area contributed by atoms with Crippen LogP contribution in [-0.2, 0) is 16.1 Å². The molecule has 1 saturated carbocycles. The number of nitrogens with one attached hydrogen (secondary N) is 1. The fourth-order valence-corrected chi connectivity index (χ4v) is 2.24. The van der Waals surface area contributed by atoms with E-state index in [2.05, 4.69) is 10.5 Å². The summed E-state index contributed by atoms with van der Waals surface area (Å²) in [6, 6.07) is 3.59. The highest BCUT2D eigenvalue weighted by Gasteiger charge is 2.23. The van der Waals surface area contributed by atoms with Gasteiger partial charge in [-0.3, -0.25) is 4.79 Å². The summed E-state index contributed by atoms with van der Waals surface area (Å²) in [5, 5.41) is 14.7. The quantitative estimate of drug-likeness (QED) is 0.639. The lowest BCUT2D eigenvalue weighted by Crippen LogP contribution is -2.37. The van der Waals surface area contributed by atoms with E-state index >= 15 is 0 Å². The zero-order valence-electron chi connectivity index (χ0n) is 11.5. The van der Waals surface area contributed by atoms with Gasteiger partial charge in [-0.1, -0.05) is 5.16 Å². The highest BCUT2D eigenvalue weighted by atomic mass is 16.5. The topological polar surface area (TPSA) is 84.1 Å². The Hall–Kier alpha value is -1.82. The maximum atomic E-state index is 11.9. The van der Waals surface area contributed by atoms with E-state index in [-0.39, 0.29) is 12.0 Å². The van der Waals surface area contributed by atoms with Crippen molar-refractivity contribution in [1.82, 2.24) is 5.32 Å². The molecule has 1 atom stereocenters. The molecule has 0 radical (unpaired) electrons. The summed E-state index contributed by atoms with van der Waals surface area (Å²) >= 11 is 0. The van der Waals surface area contributed by atoms with Crippen molar-refractivity contribution in [3.8, 4) is 0 Å². The lowest BCUT2D eigenvalue weighted by atomic mass is 9.96. The Morgan fingerprint density at radius 2 is 2.35 bits per heavy atom. The number of rotatable bonds is 5. The van der Waals surface area contributed by atoms with Crippen molar-refractivity contribution >= 4 is 11.6 Å². The molecule has 2 N–H and O–H groups in total. The third-order valence-corrected chi connectivity index (χ3v) is 3.43. The summed E-state index contributed by atoms with van der Waals surface area (Å²) in [4.78, 5) is 11.9. The van der Waals surface area contributed by atoms with E-state index in [0.29, 0.717) is 12.3 Å². The molecular formula is C14H20N2O4. The average molecular weight is 280 g/mol. The standard InChI is InChI=1S/C14H20N2O4/c1-10(14(17)15-9-13-3-2-8-19-13)20-12-6-4-11(16-18)5-7-12/h2-3,8,10,12,18H,4-7,9H2,1H3,(H,15,17). The van der Waals surface area contributed by atoms with Crippen LogP contribution in [0.15, 0.2) is 28.0 Å². The Labute approximate surface area is 117 Å². The van der Waals surface area contributed by atoms with Crippen LogP contribution in [0.4, 0.5) is 0 Å². The van der Waals surface area contributed by atoms with Crippen LogP contribution < -0.4 is 5.32 Å². The van der Waals surface area contributed by atoms with E-state index in [1.54, 1.807) is 19.3 Å². The van der Waals surface area contributed by atoms with Crippen LogP contribution >= 0.6 is 0 Å². The number of nitrogens with zero attached hydrogens (tertiary/aromatic N) is 1. The second-order valence-electron chi connectivity index (χ2n) is 4.94. The van der Waals surface area contributed by atoms with Crippen molar-refractivity contribution in [1.29, 1.82) is 0 Å². The monoisotopic (exact) mass is 280 g/mol. The molecule has 0 aromatic carbocycles. The number of furan rings is 1. The van der Waals surface area contributed by atoms with Gasteiger partial charge in [0.15, 0.2) is 0 Å². The second-order valence-corrected chi connectivity index (χ2v) is 4.94. The van der Waals surface area contributed by atoms with Crippen LogP contribution in [0.5, 0.6) is 0 Å². The summed E-state index contributed by atoms with van der Waals surface area (Å²) in [7, 11) is 0. The molecule has 2 rings (SSSR count). The Morgan fingerprint density at radius 1 is 1.60 bits per heavy atom. The van der Waals surface area contributed by atoms with Gasteiger partial charge in [-0.15, -0.1) is 0 Å². The summed E-state index contributed by atoms with van der Waals surface area (Å²) in [5.41, 5.74) is 0.805. The molecule has 6 heteroatoms. The minimum atomic E-state index is -0.498. The molecule has 0 saturated heterocycles. The van der Waals surface area contributed by atoms with Crippen molar-refractivity contribution in [3.05, 3.63) is 24.2 Å². The smallest absolute Gasteiger partial charge is 0.249 e. The first-order valence-electron chi connectivity index (χ1n) is 6.84. The molecule has 1 amide bonds. The molecule has 110 valence electrons. The first-order chi connectivity index (χ1) is 9.69. The van der Waals surface area contributed by atoms with E-state index in [0.717, 1.165) is 31.4 Å². The second kappa shape index (κ2) is 7.09. The van der Waals surface area contributed by atoms with Gasteiger partial charge in [0.2, 0.25) is 5.91 Å². The summed E-state index contributed by atoms with van der Waals surface area (Å²) in [6.45, 7) is 2.11. The van der Waals surface area contributed by atoms with Crippen LogP contribution in [0.1, 0.15) is 38.4 Å². The molecule has 1 aromatic rings. The SMILES string of the molecule is CC(OC1CCC(=NO)CC1)C(=O)NCc1ccco1. The van der Waals surface area contributed by atoms with E-state index in [1.165, 1.54) is 0 Å². The molecule has 1 heterocycles. The number of carbonyl (C=O) groups is 1. The van der Waals surface area contributed by atoms with Crippen molar-refractivity contribution in [2.45, 2.75) is 51.4 Å². The van der Waals surface area contributed by atoms with Gasteiger partial charge in [0.1, 0.15) is 11.9 Å². The molecule has 20 heavy (non-hydrogen) atoms. The number of ether oxygens (including phenoxy) is 1. The lowest BCUT2D eigenvalue weighted by Gasteiger charge is -2.25. The zero-order chi connectivity index (χ0) is 14.4. The minimum absolute atomic E-state index is 0.0462. The van der Waals surface area contributed by atoms with Crippen molar-refractivity contribution < 1.29 is 19.2 Å². The van der Waals surface area contributed by atoms with Gasteiger partial charge in [0.25, 0.3) is 0 Å². The Balaban J connectivity index is 1.71. The van der Waals surface area contributed by atoms with Crippen molar-refractivity contribution in [2.75, 3.05) is 0 Å². The van der Waals surface area contributed by atoms with E-state index in [9.17, 15) is 4.79 Å². The van der Waals surface area contributed by atoms with E-state index < -0.39 is 6.10 Å². The van der Waals surface area contributed by atoms with Crippen LogP contribution in [-0.4, -0.2) is 29.0 Å². The van der Waals surface area contributed by atoms with Gasteiger partial charge >= 0.3 is 0 Å². The predicted octanol–water partition coefficient (Wildman–Crippen LogP) is 2.07. The molecular weight excluding hydrogens is 260 g/mol. The largest absolute Gasteiger partial charge is 0.467 e. The number of hydrogen-bond donors (Lipinski definition) is 2. The predicted molar refractivity (Wildman–Crippen MR) is 72.6 cm³/mol. The van der Waals surface area contributed by atoms with Crippen LogP contribution in [0.3, 0.4) is 0 Å². The Bertz CT molecular complexity index is 446. The highest BCUT2D eigenvalue weighted by Crippen LogP contribution is 2.20.